The monoisotopic (exact) mass is 358 g/mol. The second kappa shape index (κ2) is 15.9. The number of rotatable bonds is 3. The molecule has 0 saturated carbocycles. The van der Waals surface area contributed by atoms with Crippen LogP contribution in [-0.2, 0) is 34.5 Å². The van der Waals surface area contributed by atoms with E-state index in [4.69, 9.17) is 35.0 Å². The summed E-state index contributed by atoms with van der Waals surface area (Å²) in [7, 11) is 0. The Morgan fingerprint density at radius 3 is 2.09 bits per heavy atom. The number of halogens is 1. The molecule has 5 nitrogen and oxygen atoms in total. The quantitative estimate of drug-likeness (QED) is 0.615. The van der Waals surface area contributed by atoms with Crippen LogP contribution in [-0.4, -0.2) is 11.2 Å². The molecule has 0 fully saturated rings. The topological polar surface area (TPSA) is 78.2 Å². The zero-order valence-electron chi connectivity index (χ0n) is 11.3. The molecular weight excluding hydrogens is 348 g/mol. The van der Waals surface area contributed by atoms with Crippen molar-refractivity contribution in [2.75, 3.05) is 6.61 Å². The van der Waals surface area contributed by atoms with Crippen molar-refractivity contribution in [3.63, 3.8) is 0 Å². The van der Waals surface area contributed by atoms with Crippen molar-refractivity contribution >= 4 is 16.2 Å². The van der Waals surface area contributed by atoms with Crippen molar-refractivity contribution < 1.29 is 39.3 Å². The second-order valence-electron chi connectivity index (χ2n) is 3.40. The summed E-state index contributed by atoms with van der Waals surface area (Å²) < 4.78 is 34.3. The molecule has 1 heterocycles. The fourth-order valence-corrected chi connectivity index (χ4v) is 1.86. The molecule has 1 aromatic rings. The second-order valence-corrected chi connectivity index (χ2v) is 4.42. The van der Waals surface area contributed by atoms with Gasteiger partial charge >= 0.3 is 142 Å². The Bertz CT molecular complexity index is 517. The minimum absolute atomic E-state index is 0.669. The molecule has 0 saturated heterocycles. The Morgan fingerprint density at radius 1 is 1.09 bits per heavy atom. The summed E-state index contributed by atoms with van der Waals surface area (Å²) in [6, 6.07) is 7.23. The van der Waals surface area contributed by atoms with Crippen LogP contribution in [0.3, 0.4) is 0 Å². The van der Waals surface area contributed by atoms with Gasteiger partial charge in [-0.15, -0.1) is 0 Å². The molecular formula is C15H11ClCrO5. The molecule has 22 heavy (non-hydrogen) atoms. The average Bonchev–Trinajstić information content (AvgIpc) is 2.63. The molecule has 0 atom stereocenters. The van der Waals surface area contributed by atoms with Gasteiger partial charge in [-0.3, -0.25) is 0 Å². The van der Waals surface area contributed by atoms with Crippen molar-refractivity contribution in [2.24, 2.45) is 0 Å². The average molecular weight is 359 g/mol. The number of benzene rings is 1. The first-order valence-electron chi connectivity index (χ1n) is 5.67. The van der Waals surface area contributed by atoms with E-state index < -0.39 is 0 Å². The molecule has 1 aliphatic rings. The fraction of sp³-hybridized carbons (Fsp3) is 0.200. The molecule has 0 amide bonds. The zero-order chi connectivity index (χ0) is 17.4. The van der Waals surface area contributed by atoms with Crippen molar-refractivity contribution in [1.29, 1.82) is 0 Å². The van der Waals surface area contributed by atoms with Gasteiger partial charge in [-0.1, -0.05) is 0 Å². The predicted molar refractivity (Wildman–Crippen MR) is 72.1 cm³/mol. The Balaban J connectivity index is 0. The first-order valence-corrected chi connectivity index (χ1v) is 6.69. The van der Waals surface area contributed by atoms with Crippen LogP contribution in [0.25, 0.3) is 0 Å². The molecule has 0 unspecified atom stereocenters. The third-order valence-corrected chi connectivity index (χ3v) is 2.86. The van der Waals surface area contributed by atoms with Gasteiger partial charge in [0.05, 0.1) is 0 Å². The van der Waals surface area contributed by atoms with E-state index in [0.29, 0.717) is 9.59 Å². The number of allylic oxidation sites excluding steroid dienone is 1. The SMILES string of the molecule is Clc1ccc(O[C](=[Cr])C2=CCCCO2)cc1.[C-]#[O+].[C-]#[O+].[C-]#[O+]. The van der Waals surface area contributed by atoms with E-state index in [0.717, 1.165) is 31.0 Å². The van der Waals surface area contributed by atoms with E-state index in [2.05, 4.69) is 35.8 Å². The summed E-state index contributed by atoms with van der Waals surface area (Å²) in [5.74, 6) is 1.54. The van der Waals surface area contributed by atoms with Gasteiger partial charge in [0.1, 0.15) is 0 Å². The Kier molecular flexibility index (Phi) is 16.4. The third-order valence-electron chi connectivity index (χ3n) is 2.16. The maximum absolute atomic E-state index is 7.50. The van der Waals surface area contributed by atoms with Gasteiger partial charge in [0, 0.05) is 0 Å². The molecule has 0 N–H and O–H groups in total. The number of hydrogen-bond acceptors (Lipinski definition) is 2. The predicted octanol–water partition coefficient (Wildman–Crippen LogP) is 2.98. The van der Waals surface area contributed by atoms with Gasteiger partial charge in [0.2, 0.25) is 0 Å². The van der Waals surface area contributed by atoms with Crippen LogP contribution in [0.15, 0.2) is 36.1 Å². The molecule has 1 aromatic carbocycles. The van der Waals surface area contributed by atoms with Gasteiger partial charge < -0.3 is 0 Å². The molecule has 0 spiro atoms. The Hall–Kier alpha value is -1.53. The van der Waals surface area contributed by atoms with Crippen molar-refractivity contribution in [3.8, 4) is 5.75 Å². The molecule has 0 aromatic heterocycles. The summed E-state index contributed by atoms with van der Waals surface area (Å²) in [4.78, 5) is 0. The van der Waals surface area contributed by atoms with Crippen LogP contribution >= 0.6 is 11.6 Å². The van der Waals surface area contributed by atoms with E-state index >= 15 is 0 Å². The van der Waals surface area contributed by atoms with Crippen LogP contribution in [0.1, 0.15) is 12.8 Å². The van der Waals surface area contributed by atoms with Crippen molar-refractivity contribution in [3.05, 3.63) is 61.1 Å². The molecule has 1 aliphatic heterocycles. The Morgan fingerprint density at radius 2 is 1.64 bits per heavy atom. The van der Waals surface area contributed by atoms with Crippen LogP contribution < -0.4 is 4.74 Å². The fourth-order valence-electron chi connectivity index (χ4n) is 1.36. The van der Waals surface area contributed by atoms with Crippen LogP contribution in [0.5, 0.6) is 5.75 Å². The molecule has 0 aliphatic carbocycles. The van der Waals surface area contributed by atoms with Gasteiger partial charge in [0.15, 0.2) is 0 Å². The molecule has 114 valence electrons. The Labute approximate surface area is 142 Å². The van der Waals surface area contributed by atoms with Crippen molar-refractivity contribution in [1.82, 2.24) is 0 Å². The third kappa shape index (κ3) is 9.42. The summed E-state index contributed by atoms with van der Waals surface area (Å²) in [5, 5.41) is 0.696. The number of ether oxygens (including phenoxy) is 2. The normalized spacial score (nSPS) is 11.1. The van der Waals surface area contributed by atoms with E-state index in [1.54, 1.807) is 12.1 Å². The van der Waals surface area contributed by atoms with E-state index in [1.807, 2.05) is 18.2 Å². The van der Waals surface area contributed by atoms with Crippen molar-refractivity contribution in [2.45, 2.75) is 12.8 Å². The van der Waals surface area contributed by atoms with Gasteiger partial charge in [0.25, 0.3) is 0 Å². The summed E-state index contributed by atoms with van der Waals surface area (Å²) in [6.45, 7) is 14.3. The van der Waals surface area contributed by atoms with Crippen LogP contribution in [0.2, 0.25) is 5.02 Å². The van der Waals surface area contributed by atoms with Crippen LogP contribution in [0.4, 0.5) is 0 Å². The van der Waals surface area contributed by atoms with E-state index in [-0.39, 0.29) is 0 Å². The summed E-state index contributed by atoms with van der Waals surface area (Å²) in [6.07, 6.45) is 4.13. The minimum atomic E-state index is 0.669. The number of hydrogen-bond donors (Lipinski definition) is 0. The maximum atomic E-state index is 7.50. The molecule has 2 rings (SSSR count). The first-order chi connectivity index (χ1) is 10.8. The molecule has 7 heteroatoms. The standard InChI is InChI=1S/C12H11ClO2.3CO.Cr/c13-10-4-6-11(7-5-10)15-9-12-3-1-2-8-14-12;3*1-2;/h3-7H,1-2,8H2;;;;. The summed E-state index contributed by atoms with van der Waals surface area (Å²) >= 11 is 8.67. The molecule has 0 radical (unpaired) electrons. The van der Waals surface area contributed by atoms with Gasteiger partial charge in [-0.25, -0.2) is 0 Å². The summed E-state index contributed by atoms with van der Waals surface area (Å²) in [5.41, 5.74) is 0. The van der Waals surface area contributed by atoms with E-state index in [1.165, 1.54) is 0 Å². The zero-order valence-corrected chi connectivity index (χ0v) is 13.4. The van der Waals surface area contributed by atoms with Gasteiger partial charge in [-0.05, 0) is 0 Å². The van der Waals surface area contributed by atoms with E-state index in [9.17, 15) is 0 Å². The molecule has 0 bridgehead atoms. The first kappa shape index (κ1) is 22.7. The van der Waals surface area contributed by atoms with Gasteiger partial charge in [-0.2, -0.15) is 0 Å². The van der Waals surface area contributed by atoms with Crippen LogP contribution in [0, 0.1) is 20.0 Å².